The number of rotatable bonds is 5. The van der Waals surface area contributed by atoms with Gasteiger partial charge in [0.05, 0.1) is 12.2 Å². The number of fused-ring (bicyclic) bond motifs is 1. The van der Waals surface area contributed by atoms with Crippen molar-refractivity contribution in [1.29, 1.82) is 0 Å². The number of nitrogens with one attached hydrogen (secondary N) is 2. The van der Waals surface area contributed by atoms with E-state index in [2.05, 4.69) is 20.3 Å². The van der Waals surface area contributed by atoms with E-state index in [-0.39, 0.29) is 6.03 Å². The maximum atomic E-state index is 11.7. The fraction of sp³-hybridized carbons (Fsp3) is 0.500. The summed E-state index contributed by atoms with van der Waals surface area (Å²) < 4.78 is 2.08. The van der Waals surface area contributed by atoms with Gasteiger partial charge in [0.2, 0.25) is 0 Å². The van der Waals surface area contributed by atoms with Crippen LogP contribution in [0.25, 0.3) is 11.3 Å². The molecule has 2 aliphatic rings. The molecule has 0 radical (unpaired) electrons. The zero-order valence-electron chi connectivity index (χ0n) is 13.8. The van der Waals surface area contributed by atoms with Crippen LogP contribution in [0.2, 0.25) is 0 Å². The summed E-state index contributed by atoms with van der Waals surface area (Å²) in [5.74, 6) is 0. The van der Waals surface area contributed by atoms with Crippen LogP contribution in [0.3, 0.4) is 0 Å². The largest absolute Gasteiger partial charge is 0.336 e. The summed E-state index contributed by atoms with van der Waals surface area (Å²) in [6.07, 6.45) is 10.4. The van der Waals surface area contributed by atoms with Crippen LogP contribution in [0.4, 0.5) is 4.79 Å². The summed E-state index contributed by atoms with van der Waals surface area (Å²) in [5.41, 5.74) is 4.91. The molecular formula is C18H23N5O. The highest BCUT2D eigenvalue weighted by Gasteiger charge is 2.23. The first-order valence-corrected chi connectivity index (χ1v) is 8.84. The Morgan fingerprint density at radius 3 is 2.79 bits per heavy atom. The minimum Gasteiger partial charge on any atom is -0.336 e. The van der Waals surface area contributed by atoms with E-state index in [0.29, 0.717) is 19.1 Å². The molecule has 1 saturated carbocycles. The number of pyridine rings is 1. The zero-order valence-corrected chi connectivity index (χ0v) is 13.8. The van der Waals surface area contributed by atoms with Crippen LogP contribution in [0.15, 0.2) is 24.5 Å². The smallest absolute Gasteiger partial charge is 0.315 e. The number of carbonyl (C=O) groups excluding carboxylic acids is 1. The predicted octanol–water partition coefficient (Wildman–Crippen LogP) is 2.29. The molecule has 1 fully saturated rings. The van der Waals surface area contributed by atoms with Gasteiger partial charge in [0, 0.05) is 41.8 Å². The number of carbonyl (C=O) groups is 1. The third-order valence-electron chi connectivity index (χ3n) is 4.73. The second-order valence-electron chi connectivity index (χ2n) is 6.61. The van der Waals surface area contributed by atoms with Crippen LogP contribution in [0, 0.1) is 0 Å². The Bertz CT molecular complexity index is 721. The normalized spacial score (nSPS) is 16.5. The first-order valence-electron chi connectivity index (χ1n) is 8.84. The van der Waals surface area contributed by atoms with E-state index in [1.54, 1.807) is 0 Å². The Balaban J connectivity index is 1.48. The Hall–Kier alpha value is -2.37. The van der Waals surface area contributed by atoms with E-state index in [1.807, 2.05) is 24.5 Å². The molecule has 0 bridgehead atoms. The summed E-state index contributed by atoms with van der Waals surface area (Å²) in [6, 6.07) is 4.36. The maximum absolute atomic E-state index is 11.7. The van der Waals surface area contributed by atoms with Crippen molar-refractivity contribution in [1.82, 2.24) is 25.4 Å². The lowest BCUT2D eigenvalue weighted by Crippen LogP contribution is -2.38. The zero-order chi connectivity index (χ0) is 16.4. The molecule has 2 amide bonds. The minimum atomic E-state index is -0.0621. The van der Waals surface area contributed by atoms with Crippen molar-refractivity contribution in [2.45, 2.75) is 51.1 Å². The maximum Gasteiger partial charge on any atom is 0.315 e. The molecule has 4 rings (SSSR count). The van der Waals surface area contributed by atoms with Crippen LogP contribution in [-0.4, -0.2) is 33.4 Å². The first-order chi connectivity index (χ1) is 11.8. The molecule has 2 aliphatic carbocycles. The van der Waals surface area contributed by atoms with Gasteiger partial charge in [0.15, 0.2) is 0 Å². The van der Waals surface area contributed by atoms with Crippen LogP contribution in [0.1, 0.15) is 36.9 Å². The average molecular weight is 325 g/mol. The highest BCUT2D eigenvalue weighted by Crippen LogP contribution is 2.30. The molecule has 2 heterocycles. The Labute approximate surface area is 141 Å². The van der Waals surface area contributed by atoms with E-state index in [1.165, 1.54) is 24.1 Å². The monoisotopic (exact) mass is 325 g/mol. The number of urea groups is 1. The number of hydrogen-bond acceptors (Lipinski definition) is 3. The molecule has 6 heteroatoms. The molecule has 0 atom stereocenters. The Morgan fingerprint density at radius 2 is 2.00 bits per heavy atom. The molecule has 0 aromatic carbocycles. The van der Waals surface area contributed by atoms with Gasteiger partial charge in [-0.2, -0.15) is 5.10 Å². The molecule has 2 aromatic rings. The molecule has 0 spiro atoms. The number of hydrogen-bond donors (Lipinski definition) is 2. The van der Waals surface area contributed by atoms with Crippen LogP contribution >= 0.6 is 0 Å². The molecule has 24 heavy (non-hydrogen) atoms. The van der Waals surface area contributed by atoms with Crippen molar-refractivity contribution in [3.63, 3.8) is 0 Å². The van der Waals surface area contributed by atoms with Gasteiger partial charge in [0.25, 0.3) is 0 Å². The van der Waals surface area contributed by atoms with Gasteiger partial charge < -0.3 is 10.6 Å². The number of nitrogens with zero attached hydrogens (tertiary/aromatic N) is 3. The van der Waals surface area contributed by atoms with Gasteiger partial charge in [-0.1, -0.05) is 0 Å². The number of amides is 2. The van der Waals surface area contributed by atoms with Gasteiger partial charge in [-0.25, -0.2) is 4.79 Å². The highest BCUT2D eigenvalue weighted by atomic mass is 16.2. The van der Waals surface area contributed by atoms with Crippen molar-refractivity contribution >= 4 is 6.03 Å². The van der Waals surface area contributed by atoms with Crippen molar-refractivity contribution in [3.05, 3.63) is 35.8 Å². The van der Waals surface area contributed by atoms with Crippen LogP contribution in [0.5, 0.6) is 0 Å². The lowest BCUT2D eigenvalue weighted by molar-refractivity contribution is 0.240. The van der Waals surface area contributed by atoms with E-state index >= 15 is 0 Å². The van der Waals surface area contributed by atoms with Gasteiger partial charge in [0.1, 0.15) is 0 Å². The quantitative estimate of drug-likeness (QED) is 0.886. The molecule has 126 valence electrons. The van der Waals surface area contributed by atoms with Gasteiger partial charge in [-0.3, -0.25) is 9.67 Å². The summed E-state index contributed by atoms with van der Waals surface area (Å²) in [6.45, 7) is 1.31. The first kappa shape index (κ1) is 15.2. The molecule has 2 aromatic heterocycles. The molecule has 0 saturated heterocycles. The van der Waals surface area contributed by atoms with Crippen molar-refractivity contribution in [2.75, 3.05) is 6.54 Å². The summed E-state index contributed by atoms with van der Waals surface area (Å²) in [7, 11) is 0. The molecule has 2 N–H and O–H groups in total. The van der Waals surface area contributed by atoms with Gasteiger partial charge in [-0.15, -0.1) is 0 Å². The van der Waals surface area contributed by atoms with Crippen molar-refractivity contribution in [2.24, 2.45) is 0 Å². The predicted molar refractivity (Wildman–Crippen MR) is 91.7 cm³/mol. The van der Waals surface area contributed by atoms with Crippen LogP contribution in [-0.2, 0) is 19.4 Å². The average Bonchev–Trinajstić information content (AvgIpc) is 3.35. The summed E-state index contributed by atoms with van der Waals surface area (Å²) >= 11 is 0. The lowest BCUT2D eigenvalue weighted by Gasteiger charge is -2.14. The van der Waals surface area contributed by atoms with Gasteiger partial charge >= 0.3 is 6.03 Å². The van der Waals surface area contributed by atoms with E-state index in [0.717, 1.165) is 36.9 Å². The van der Waals surface area contributed by atoms with E-state index in [4.69, 9.17) is 5.10 Å². The SMILES string of the molecule is O=C(NCCn1nc(-c2ccncc2)c2c1CCCC2)NC1CC1. The highest BCUT2D eigenvalue weighted by molar-refractivity contribution is 5.74. The molecule has 0 unspecified atom stereocenters. The van der Waals surface area contributed by atoms with E-state index in [9.17, 15) is 4.79 Å². The fourth-order valence-electron chi connectivity index (χ4n) is 3.34. The van der Waals surface area contributed by atoms with E-state index < -0.39 is 0 Å². The second-order valence-corrected chi connectivity index (χ2v) is 6.61. The minimum absolute atomic E-state index is 0.0621. The summed E-state index contributed by atoms with van der Waals surface area (Å²) in [5, 5.41) is 10.7. The second kappa shape index (κ2) is 6.63. The fourth-order valence-corrected chi connectivity index (χ4v) is 3.34. The Kier molecular flexibility index (Phi) is 4.19. The van der Waals surface area contributed by atoms with Gasteiger partial charge in [-0.05, 0) is 50.7 Å². The van der Waals surface area contributed by atoms with Crippen molar-refractivity contribution in [3.8, 4) is 11.3 Å². The molecule has 6 nitrogen and oxygen atoms in total. The molecular weight excluding hydrogens is 302 g/mol. The summed E-state index contributed by atoms with van der Waals surface area (Å²) in [4.78, 5) is 15.8. The Morgan fingerprint density at radius 1 is 1.21 bits per heavy atom. The molecule has 0 aliphatic heterocycles. The van der Waals surface area contributed by atoms with Crippen molar-refractivity contribution < 1.29 is 4.79 Å². The standard InChI is InChI=1S/C18H23N5O/c24-18(21-14-5-6-14)20-11-12-23-16-4-2-1-3-15(16)17(22-23)13-7-9-19-10-8-13/h7-10,14H,1-6,11-12H2,(H2,20,21,24). The number of aromatic nitrogens is 3. The van der Waals surface area contributed by atoms with Crippen LogP contribution < -0.4 is 10.6 Å². The lowest BCUT2D eigenvalue weighted by atomic mass is 9.94. The third-order valence-corrected chi connectivity index (χ3v) is 4.73. The topological polar surface area (TPSA) is 71.8 Å². The third kappa shape index (κ3) is 3.27.